The number of rotatable bonds is 8. The number of nitrogens with zero attached hydrogens (tertiary/aromatic N) is 3. The molecular formula is C24H43N3O3. The lowest BCUT2D eigenvalue weighted by Crippen LogP contribution is -2.55. The third kappa shape index (κ3) is 5.20. The normalized spacial score (nSPS) is 31.9. The van der Waals surface area contributed by atoms with Gasteiger partial charge in [0.25, 0.3) is 0 Å². The van der Waals surface area contributed by atoms with Gasteiger partial charge in [-0.3, -0.25) is 9.69 Å². The van der Waals surface area contributed by atoms with Crippen molar-refractivity contribution in [3.05, 3.63) is 0 Å². The number of likely N-dealkylation sites (tertiary alicyclic amines) is 2. The Morgan fingerprint density at radius 2 is 1.90 bits per heavy atom. The average molecular weight is 422 g/mol. The second-order valence-corrected chi connectivity index (χ2v) is 10.0. The van der Waals surface area contributed by atoms with Crippen LogP contribution in [0.15, 0.2) is 0 Å². The maximum absolute atomic E-state index is 13.2. The Labute approximate surface area is 183 Å². The summed E-state index contributed by atoms with van der Waals surface area (Å²) >= 11 is 0. The topological polar surface area (TPSA) is 45.3 Å². The number of hydrogen-bond donors (Lipinski definition) is 0. The molecule has 1 spiro atoms. The molecule has 4 aliphatic rings. The lowest BCUT2D eigenvalue weighted by Gasteiger charge is -2.51. The lowest BCUT2D eigenvalue weighted by molar-refractivity contribution is -0.203. The summed E-state index contributed by atoms with van der Waals surface area (Å²) in [5.41, 5.74) is 0. The second kappa shape index (κ2) is 10.3. The van der Waals surface area contributed by atoms with Crippen molar-refractivity contribution in [3.63, 3.8) is 0 Å². The number of carbonyl (C=O) groups is 1. The van der Waals surface area contributed by atoms with E-state index in [0.29, 0.717) is 30.2 Å². The monoisotopic (exact) mass is 421 g/mol. The maximum atomic E-state index is 13.2. The number of likely N-dealkylation sites (N-methyl/N-ethyl adjacent to an activating group) is 1. The molecule has 0 unspecified atom stereocenters. The first-order valence-corrected chi connectivity index (χ1v) is 12.6. The Morgan fingerprint density at radius 3 is 2.60 bits per heavy atom. The van der Waals surface area contributed by atoms with Crippen molar-refractivity contribution in [1.82, 2.24) is 14.7 Å². The van der Waals surface area contributed by atoms with Crippen molar-refractivity contribution in [3.8, 4) is 0 Å². The summed E-state index contributed by atoms with van der Waals surface area (Å²) in [6.45, 7) is 13.3. The summed E-state index contributed by atoms with van der Waals surface area (Å²) < 4.78 is 12.1. The molecule has 4 rings (SSSR count). The van der Waals surface area contributed by atoms with Crippen molar-refractivity contribution in [2.24, 2.45) is 11.8 Å². The van der Waals surface area contributed by atoms with Crippen LogP contribution in [0.1, 0.15) is 65.2 Å². The highest BCUT2D eigenvalue weighted by molar-refractivity contribution is 5.76. The third-order valence-corrected chi connectivity index (χ3v) is 7.94. The number of hydrogen-bond acceptors (Lipinski definition) is 5. The van der Waals surface area contributed by atoms with Gasteiger partial charge >= 0.3 is 0 Å². The van der Waals surface area contributed by atoms with Crippen molar-refractivity contribution in [1.29, 1.82) is 0 Å². The Morgan fingerprint density at radius 1 is 1.13 bits per heavy atom. The zero-order valence-corrected chi connectivity index (χ0v) is 19.3. The van der Waals surface area contributed by atoms with Crippen LogP contribution >= 0.6 is 0 Å². The van der Waals surface area contributed by atoms with Crippen LogP contribution in [0, 0.1) is 11.8 Å². The number of amides is 1. The number of fused-ring (bicyclic) bond motifs is 1. The summed E-state index contributed by atoms with van der Waals surface area (Å²) in [7, 11) is 0. The van der Waals surface area contributed by atoms with Crippen LogP contribution in [0.25, 0.3) is 0 Å². The molecule has 3 saturated heterocycles. The van der Waals surface area contributed by atoms with Gasteiger partial charge in [0.05, 0.1) is 13.2 Å². The van der Waals surface area contributed by atoms with Gasteiger partial charge in [-0.2, -0.15) is 0 Å². The molecule has 0 aromatic carbocycles. The van der Waals surface area contributed by atoms with Crippen molar-refractivity contribution in [2.75, 3.05) is 59.0 Å². The smallest absolute Gasteiger partial charge is 0.222 e. The van der Waals surface area contributed by atoms with Gasteiger partial charge in [0.1, 0.15) is 0 Å². The van der Waals surface area contributed by atoms with Gasteiger partial charge in [0.2, 0.25) is 5.91 Å². The van der Waals surface area contributed by atoms with Gasteiger partial charge in [0, 0.05) is 51.5 Å². The summed E-state index contributed by atoms with van der Waals surface area (Å²) in [4.78, 5) is 20.5. The highest BCUT2D eigenvalue weighted by Crippen LogP contribution is 2.45. The zero-order chi connectivity index (χ0) is 21.0. The second-order valence-electron chi connectivity index (χ2n) is 10.0. The minimum Gasteiger partial charge on any atom is -0.348 e. The molecule has 1 amide bonds. The number of carbonyl (C=O) groups excluding carboxylic acids is 1. The molecule has 3 atom stereocenters. The summed E-state index contributed by atoms with van der Waals surface area (Å²) in [5.74, 6) is 1.09. The molecule has 0 N–H and O–H groups in total. The minimum atomic E-state index is -0.323. The van der Waals surface area contributed by atoms with Gasteiger partial charge in [-0.15, -0.1) is 0 Å². The molecule has 0 radical (unpaired) electrons. The van der Waals surface area contributed by atoms with Crippen molar-refractivity contribution >= 4 is 5.91 Å². The fraction of sp³-hybridized carbons (Fsp3) is 0.958. The minimum absolute atomic E-state index is 0.323. The van der Waals surface area contributed by atoms with E-state index in [1.165, 1.54) is 38.8 Å². The standard InChI is InChI=1S/C24H43N3O3/c1-3-9-27-19-20(16-21-18-24(8-7-22(21)27)29-14-15-30-24)17-23(28)26(4-2)13-12-25-10-5-6-11-25/h20-22H,3-19H2,1-2H3/t20-,21-,22-/m1/s1. The van der Waals surface area contributed by atoms with Crippen LogP contribution in [-0.2, 0) is 14.3 Å². The Bertz CT molecular complexity index is 560. The molecule has 0 aromatic heterocycles. The van der Waals surface area contributed by atoms with Crippen LogP contribution in [0.3, 0.4) is 0 Å². The summed E-state index contributed by atoms with van der Waals surface area (Å²) in [5, 5.41) is 0. The first-order chi connectivity index (χ1) is 14.6. The predicted octanol–water partition coefficient (Wildman–Crippen LogP) is 2.96. The van der Waals surface area contributed by atoms with E-state index in [4.69, 9.17) is 9.47 Å². The molecule has 6 nitrogen and oxygen atoms in total. The van der Waals surface area contributed by atoms with Crippen LogP contribution in [0.2, 0.25) is 0 Å². The first kappa shape index (κ1) is 22.5. The maximum Gasteiger partial charge on any atom is 0.222 e. The number of ether oxygens (including phenoxy) is 2. The summed E-state index contributed by atoms with van der Waals surface area (Å²) in [6.07, 6.45) is 8.86. The van der Waals surface area contributed by atoms with Gasteiger partial charge in [-0.05, 0) is 70.5 Å². The molecule has 30 heavy (non-hydrogen) atoms. The third-order valence-electron chi connectivity index (χ3n) is 7.94. The molecule has 1 aliphatic carbocycles. The molecule has 0 aromatic rings. The largest absolute Gasteiger partial charge is 0.348 e. The Kier molecular flexibility index (Phi) is 7.71. The van der Waals surface area contributed by atoms with Crippen LogP contribution in [0.5, 0.6) is 0 Å². The van der Waals surface area contributed by atoms with E-state index >= 15 is 0 Å². The quantitative estimate of drug-likeness (QED) is 0.603. The molecule has 3 aliphatic heterocycles. The first-order valence-electron chi connectivity index (χ1n) is 12.6. The van der Waals surface area contributed by atoms with Crippen molar-refractivity contribution in [2.45, 2.75) is 77.0 Å². The molecule has 6 heteroatoms. The molecule has 172 valence electrons. The van der Waals surface area contributed by atoms with Gasteiger partial charge in [-0.1, -0.05) is 6.92 Å². The fourth-order valence-corrected chi connectivity index (χ4v) is 6.49. The summed E-state index contributed by atoms with van der Waals surface area (Å²) in [6, 6.07) is 0.646. The van der Waals surface area contributed by atoms with E-state index in [9.17, 15) is 4.79 Å². The van der Waals surface area contributed by atoms with Gasteiger partial charge in [0.15, 0.2) is 5.79 Å². The fourth-order valence-electron chi connectivity index (χ4n) is 6.49. The molecule has 1 saturated carbocycles. The molecule has 3 heterocycles. The van der Waals surface area contributed by atoms with E-state index in [0.717, 1.165) is 65.2 Å². The van der Waals surface area contributed by atoms with Crippen molar-refractivity contribution < 1.29 is 14.3 Å². The zero-order valence-electron chi connectivity index (χ0n) is 19.3. The van der Waals surface area contributed by atoms with E-state index in [1.807, 2.05) is 0 Å². The van der Waals surface area contributed by atoms with E-state index in [1.54, 1.807) is 0 Å². The highest BCUT2D eigenvalue weighted by Gasteiger charge is 2.49. The van der Waals surface area contributed by atoms with Crippen LogP contribution in [-0.4, -0.2) is 91.5 Å². The van der Waals surface area contributed by atoms with Gasteiger partial charge < -0.3 is 19.3 Å². The van der Waals surface area contributed by atoms with E-state index in [-0.39, 0.29) is 5.79 Å². The SMILES string of the molecule is CCCN1C[C@@H](CC(=O)N(CC)CCN2CCCC2)C[C@@H]2CC3(CC[C@H]21)OCCO3. The molecule has 4 fully saturated rings. The van der Waals surface area contributed by atoms with E-state index in [2.05, 4.69) is 28.5 Å². The molecule has 0 bridgehead atoms. The van der Waals surface area contributed by atoms with Crippen LogP contribution in [0.4, 0.5) is 0 Å². The van der Waals surface area contributed by atoms with E-state index < -0.39 is 0 Å². The average Bonchev–Trinajstić information content (AvgIpc) is 3.41. The highest BCUT2D eigenvalue weighted by atomic mass is 16.7. The predicted molar refractivity (Wildman–Crippen MR) is 118 cm³/mol. The van der Waals surface area contributed by atoms with Gasteiger partial charge in [-0.25, -0.2) is 0 Å². The molecular weight excluding hydrogens is 378 g/mol. The Balaban J connectivity index is 1.34. The lowest BCUT2D eigenvalue weighted by atomic mass is 9.72. The number of piperidine rings is 1. The van der Waals surface area contributed by atoms with Crippen LogP contribution < -0.4 is 0 Å². The Hall–Kier alpha value is -0.690.